The molecule has 0 aliphatic carbocycles. The van der Waals surface area contributed by atoms with E-state index in [-0.39, 0.29) is 23.5 Å². The van der Waals surface area contributed by atoms with Gasteiger partial charge in [0.25, 0.3) is 11.5 Å². The van der Waals surface area contributed by atoms with Crippen LogP contribution in [0.2, 0.25) is 0 Å². The van der Waals surface area contributed by atoms with Gasteiger partial charge in [-0.2, -0.15) is 0 Å². The van der Waals surface area contributed by atoms with E-state index in [1.165, 1.54) is 16.7 Å². The molecule has 0 radical (unpaired) electrons. The monoisotopic (exact) mass is 418 g/mol. The van der Waals surface area contributed by atoms with Crippen LogP contribution in [0, 0.1) is 5.82 Å². The standard InChI is InChI=1S/C23H19FN4O3/c24-17-5-3-14(4-6-17)8-16-9-19-21(27-11-16)18(13-29)20(22(25)30)23(31)28(19)12-15-2-1-7-26-10-15/h1-7,9-11,29H,8,12-13H2,(H2,25,30). The van der Waals surface area contributed by atoms with E-state index in [0.717, 1.165) is 16.7 Å². The van der Waals surface area contributed by atoms with Gasteiger partial charge in [-0.25, -0.2) is 4.39 Å². The first-order valence-electron chi connectivity index (χ1n) is 9.56. The zero-order valence-corrected chi connectivity index (χ0v) is 16.5. The first kappa shape index (κ1) is 20.4. The fourth-order valence-corrected chi connectivity index (χ4v) is 3.60. The van der Waals surface area contributed by atoms with E-state index in [4.69, 9.17) is 5.73 Å². The van der Waals surface area contributed by atoms with Gasteiger partial charge >= 0.3 is 0 Å². The van der Waals surface area contributed by atoms with E-state index in [0.29, 0.717) is 17.5 Å². The van der Waals surface area contributed by atoms with Gasteiger partial charge in [0.15, 0.2) is 0 Å². The number of nitrogens with zero attached hydrogens (tertiary/aromatic N) is 3. The molecule has 31 heavy (non-hydrogen) atoms. The molecular formula is C23H19FN4O3. The van der Waals surface area contributed by atoms with E-state index in [2.05, 4.69) is 9.97 Å². The molecule has 0 aliphatic rings. The second kappa shape index (κ2) is 8.45. The first-order chi connectivity index (χ1) is 15.0. The van der Waals surface area contributed by atoms with Crippen LogP contribution in [0.1, 0.15) is 32.6 Å². The third-order valence-electron chi connectivity index (χ3n) is 5.05. The minimum absolute atomic E-state index is 0.100. The van der Waals surface area contributed by atoms with Gasteiger partial charge in [-0.3, -0.25) is 19.6 Å². The molecular weight excluding hydrogens is 399 g/mol. The fraction of sp³-hybridized carbons (Fsp3) is 0.130. The molecule has 8 heteroatoms. The molecule has 3 heterocycles. The summed E-state index contributed by atoms with van der Waals surface area (Å²) in [5.74, 6) is -1.25. The van der Waals surface area contributed by atoms with Crippen molar-refractivity contribution in [3.63, 3.8) is 0 Å². The van der Waals surface area contributed by atoms with Gasteiger partial charge in [-0.05, 0) is 47.4 Å². The minimum Gasteiger partial charge on any atom is -0.392 e. The third-order valence-corrected chi connectivity index (χ3v) is 5.05. The lowest BCUT2D eigenvalue weighted by Gasteiger charge is -2.16. The van der Waals surface area contributed by atoms with Gasteiger partial charge in [0, 0.05) is 24.2 Å². The minimum atomic E-state index is -0.923. The topological polar surface area (TPSA) is 111 Å². The number of hydrogen-bond acceptors (Lipinski definition) is 5. The number of benzene rings is 1. The van der Waals surface area contributed by atoms with Gasteiger partial charge in [0.1, 0.15) is 11.4 Å². The summed E-state index contributed by atoms with van der Waals surface area (Å²) in [6.07, 6.45) is 5.32. The Balaban J connectivity index is 1.92. The normalized spacial score (nSPS) is 11.0. The molecule has 7 nitrogen and oxygen atoms in total. The van der Waals surface area contributed by atoms with Crippen LogP contribution in [0.3, 0.4) is 0 Å². The smallest absolute Gasteiger partial charge is 0.264 e. The van der Waals surface area contributed by atoms with Gasteiger partial charge in [-0.1, -0.05) is 18.2 Å². The van der Waals surface area contributed by atoms with E-state index in [1.54, 1.807) is 42.9 Å². The number of fused-ring (bicyclic) bond motifs is 1. The number of hydrogen-bond donors (Lipinski definition) is 2. The van der Waals surface area contributed by atoms with Gasteiger partial charge in [0.2, 0.25) is 0 Å². The SMILES string of the molecule is NC(=O)c1c(CO)c2ncc(Cc3ccc(F)cc3)cc2n(Cc2cccnc2)c1=O. The largest absolute Gasteiger partial charge is 0.392 e. The first-order valence-corrected chi connectivity index (χ1v) is 9.56. The van der Waals surface area contributed by atoms with Crippen molar-refractivity contribution in [2.45, 2.75) is 19.6 Å². The second-order valence-corrected chi connectivity index (χ2v) is 7.14. The van der Waals surface area contributed by atoms with Gasteiger partial charge < -0.3 is 15.4 Å². The van der Waals surface area contributed by atoms with E-state index in [1.807, 2.05) is 6.07 Å². The van der Waals surface area contributed by atoms with Gasteiger partial charge in [-0.15, -0.1) is 0 Å². The third kappa shape index (κ3) is 4.06. The van der Waals surface area contributed by atoms with Crippen LogP contribution in [0.25, 0.3) is 11.0 Å². The Labute approximate surface area is 176 Å². The molecule has 0 aliphatic heterocycles. The van der Waals surface area contributed by atoms with Crippen LogP contribution < -0.4 is 11.3 Å². The molecule has 0 bridgehead atoms. The number of carbonyl (C=O) groups excluding carboxylic acids is 1. The molecule has 0 saturated carbocycles. The molecule has 0 atom stereocenters. The molecule has 0 saturated heterocycles. The van der Waals surface area contributed by atoms with Crippen molar-refractivity contribution in [1.29, 1.82) is 0 Å². The summed E-state index contributed by atoms with van der Waals surface area (Å²) in [7, 11) is 0. The number of nitrogens with two attached hydrogens (primary N) is 1. The lowest BCUT2D eigenvalue weighted by atomic mass is 10.0. The summed E-state index contributed by atoms with van der Waals surface area (Å²) in [6, 6.07) is 11.5. The highest BCUT2D eigenvalue weighted by Gasteiger charge is 2.21. The zero-order chi connectivity index (χ0) is 22.0. The number of primary amides is 1. The number of aliphatic hydroxyl groups is 1. The van der Waals surface area contributed by atoms with Crippen molar-refractivity contribution in [2.75, 3.05) is 0 Å². The molecule has 1 amide bonds. The molecule has 3 N–H and O–H groups in total. The van der Waals surface area contributed by atoms with Crippen molar-refractivity contribution in [3.8, 4) is 0 Å². The van der Waals surface area contributed by atoms with Crippen LogP contribution in [-0.2, 0) is 19.6 Å². The molecule has 156 valence electrons. The fourth-order valence-electron chi connectivity index (χ4n) is 3.60. The molecule has 3 aromatic heterocycles. The summed E-state index contributed by atoms with van der Waals surface area (Å²) < 4.78 is 14.6. The van der Waals surface area contributed by atoms with Crippen LogP contribution in [0.15, 0.2) is 65.8 Å². The molecule has 1 aromatic carbocycles. The summed E-state index contributed by atoms with van der Waals surface area (Å²) in [4.78, 5) is 33.7. The predicted molar refractivity (Wildman–Crippen MR) is 113 cm³/mol. The average molecular weight is 418 g/mol. The Morgan fingerprint density at radius 2 is 1.87 bits per heavy atom. The highest BCUT2D eigenvalue weighted by Crippen LogP contribution is 2.22. The number of halogens is 1. The number of aliphatic hydroxyl groups excluding tert-OH is 1. The lowest BCUT2D eigenvalue weighted by molar-refractivity contribution is 0.0995. The van der Waals surface area contributed by atoms with Crippen molar-refractivity contribution in [3.05, 3.63) is 105 Å². The summed E-state index contributed by atoms with van der Waals surface area (Å²) in [6.45, 7) is -0.404. The average Bonchev–Trinajstić information content (AvgIpc) is 2.77. The van der Waals surface area contributed by atoms with Crippen LogP contribution in [0.4, 0.5) is 4.39 Å². The maximum atomic E-state index is 13.2. The molecule has 0 spiro atoms. The van der Waals surface area contributed by atoms with Crippen molar-refractivity contribution >= 4 is 16.9 Å². The Bertz CT molecular complexity index is 1320. The Kier molecular flexibility index (Phi) is 5.55. The number of carbonyl (C=O) groups is 1. The number of rotatable bonds is 6. The summed E-state index contributed by atoms with van der Waals surface area (Å²) in [5.41, 5.74) is 7.87. The van der Waals surface area contributed by atoms with Crippen LogP contribution >= 0.6 is 0 Å². The molecule has 0 fully saturated rings. The highest BCUT2D eigenvalue weighted by molar-refractivity contribution is 5.98. The van der Waals surface area contributed by atoms with Crippen molar-refractivity contribution in [2.24, 2.45) is 5.73 Å². The number of aromatic nitrogens is 3. The van der Waals surface area contributed by atoms with Crippen molar-refractivity contribution < 1.29 is 14.3 Å². The van der Waals surface area contributed by atoms with E-state index >= 15 is 0 Å². The maximum Gasteiger partial charge on any atom is 0.264 e. The lowest BCUT2D eigenvalue weighted by Crippen LogP contribution is -2.32. The Morgan fingerprint density at radius 3 is 2.52 bits per heavy atom. The van der Waals surface area contributed by atoms with Gasteiger partial charge in [0.05, 0.1) is 24.2 Å². The number of amides is 1. The summed E-state index contributed by atoms with van der Waals surface area (Å²) in [5, 5.41) is 9.86. The van der Waals surface area contributed by atoms with Crippen molar-refractivity contribution in [1.82, 2.24) is 14.5 Å². The zero-order valence-electron chi connectivity index (χ0n) is 16.5. The molecule has 4 rings (SSSR count). The van der Waals surface area contributed by atoms with Crippen LogP contribution in [0.5, 0.6) is 0 Å². The maximum absolute atomic E-state index is 13.2. The number of pyridine rings is 3. The van der Waals surface area contributed by atoms with Crippen LogP contribution in [-0.4, -0.2) is 25.5 Å². The Hall–Kier alpha value is -3.91. The molecule has 0 unspecified atom stereocenters. The van der Waals surface area contributed by atoms with E-state index < -0.39 is 18.1 Å². The predicted octanol–water partition coefficient (Wildman–Crippen LogP) is 2.16. The summed E-state index contributed by atoms with van der Waals surface area (Å²) >= 11 is 0. The Morgan fingerprint density at radius 1 is 1.10 bits per heavy atom. The highest BCUT2D eigenvalue weighted by atomic mass is 19.1. The second-order valence-electron chi connectivity index (χ2n) is 7.14. The van der Waals surface area contributed by atoms with E-state index in [9.17, 15) is 19.1 Å². The molecule has 4 aromatic rings. The quantitative estimate of drug-likeness (QED) is 0.499.